The van der Waals surface area contributed by atoms with Crippen LogP contribution in [0.3, 0.4) is 0 Å². The molecular formula is C18H22O. The van der Waals surface area contributed by atoms with Crippen molar-refractivity contribution in [2.75, 3.05) is 7.11 Å². The Labute approximate surface area is 116 Å². The standard InChI is InChI=1S/C18H22O/c1-12(2)16-9-6-13(3)10-17(16)15-8-7-14(4)18(11-15)19-5/h6-12H,1-5H3. The lowest BCUT2D eigenvalue weighted by molar-refractivity contribution is 0.412. The monoisotopic (exact) mass is 254 g/mol. The third-order valence-corrected chi connectivity index (χ3v) is 3.55. The van der Waals surface area contributed by atoms with E-state index in [-0.39, 0.29) is 0 Å². The summed E-state index contributed by atoms with van der Waals surface area (Å²) < 4.78 is 5.44. The van der Waals surface area contributed by atoms with Crippen molar-refractivity contribution in [1.82, 2.24) is 0 Å². The van der Waals surface area contributed by atoms with Crippen molar-refractivity contribution in [3.63, 3.8) is 0 Å². The highest BCUT2D eigenvalue weighted by molar-refractivity contribution is 5.70. The Kier molecular flexibility index (Phi) is 3.94. The summed E-state index contributed by atoms with van der Waals surface area (Å²) in [6.07, 6.45) is 0. The number of rotatable bonds is 3. The maximum Gasteiger partial charge on any atom is 0.122 e. The highest BCUT2D eigenvalue weighted by Crippen LogP contribution is 2.33. The first-order valence-electron chi connectivity index (χ1n) is 6.78. The van der Waals surface area contributed by atoms with E-state index in [0.29, 0.717) is 5.92 Å². The molecule has 2 rings (SSSR count). The quantitative estimate of drug-likeness (QED) is 0.740. The molecule has 0 aliphatic heterocycles. The fraction of sp³-hybridized carbons (Fsp3) is 0.333. The van der Waals surface area contributed by atoms with E-state index in [0.717, 1.165) is 5.75 Å². The fourth-order valence-electron chi connectivity index (χ4n) is 2.41. The van der Waals surface area contributed by atoms with Gasteiger partial charge in [-0.25, -0.2) is 0 Å². The van der Waals surface area contributed by atoms with Gasteiger partial charge in [-0.2, -0.15) is 0 Å². The van der Waals surface area contributed by atoms with Gasteiger partial charge in [0.25, 0.3) is 0 Å². The summed E-state index contributed by atoms with van der Waals surface area (Å²) in [5, 5.41) is 0. The Morgan fingerprint density at radius 2 is 1.68 bits per heavy atom. The van der Waals surface area contributed by atoms with Crippen LogP contribution in [0, 0.1) is 13.8 Å². The Balaban J connectivity index is 2.60. The fourth-order valence-corrected chi connectivity index (χ4v) is 2.41. The van der Waals surface area contributed by atoms with Gasteiger partial charge >= 0.3 is 0 Å². The van der Waals surface area contributed by atoms with E-state index in [1.165, 1.54) is 27.8 Å². The summed E-state index contributed by atoms with van der Waals surface area (Å²) in [7, 11) is 1.73. The van der Waals surface area contributed by atoms with Gasteiger partial charge in [-0.15, -0.1) is 0 Å². The lowest BCUT2D eigenvalue weighted by Gasteiger charge is -2.15. The van der Waals surface area contributed by atoms with Crippen LogP contribution in [0.5, 0.6) is 5.75 Å². The van der Waals surface area contributed by atoms with Crippen molar-refractivity contribution in [2.24, 2.45) is 0 Å². The molecule has 0 saturated heterocycles. The van der Waals surface area contributed by atoms with Gasteiger partial charge in [-0.1, -0.05) is 49.7 Å². The Bertz CT molecular complexity index is 582. The first-order chi connectivity index (χ1) is 9.02. The summed E-state index contributed by atoms with van der Waals surface area (Å²) in [5.41, 5.74) is 6.39. The van der Waals surface area contributed by atoms with Crippen LogP contribution in [-0.2, 0) is 0 Å². The molecular weight excluding hydrogens is 232 g/mol. The summed E-state index contributed by atoms with van der Waals surface area (Å²) >= 11 is 0. The van der Waals surface area contributed by atoms with E-state index in [9.17, 15) is 0 Å². The third kappa shape index (κ3) is 2.81. The van der Waals surface area contributed by atoms with Gasteiger partial charge in [-0.3, -0.25) is 0 Å². The van der Waals surface area contributed by atoms with Crippen LogP contribution in [0.4, 0.5) is 0 Å². The topological polar surface area (TPSA) is 9.23 Å². The number of methoxy groups -OCH3 is 1. The summed E-state index contributed by atoms with van der Waals surface area (Å²) in [5.74, 6) is 1.47. The van der Waals surface area contributed by atoms with Crippen molar-refractivity contribution in [2.45, 2.75) is 33.6 Å². The highest BCUT2D eigenvalue weighted by Gasteiger charge is 2.10. The zero-order valence-corrected chi connectivity index (χ0v) is 12.4. The van der Waals surface area contributed by atoms with Crippen molar-refractivity contribution < 1.29 is 4.74 Å². The van der Waals surface area contributed by atoms with Gasteiger partial charge < -0.3 is 4.74 Å². The molecule has 0 aromatic heterocycles. The predicted molar refractivity (Wildman–Crippen MR) is 82.0 cm³/mol. The minimum Gasteiger partial charge on any atom is -0.496 e. The van der Waals surface area contributed by atoms with Crippen LogP contribution in [-0.4, -0.2) is 7.11 Å². The van der Waals surface area contributed by atoms with E-state index in [1.807, 2.05) is 0 Å². The van der Waals surface area contributed by atoms with E-state index >= 15 is 0 Å². The molecule has 0 unspecified atom stereocenters. The Morgan fingerprint density at radius 3 is 2.32 bits per heavy atom. The second-order valence-corrected chi connectivity index (χ2v) is 5.43. The normalized spacial score (nSPS) is 10.8. The summed E-state index contributed by atoms with van der Waals surface area (Å²) in [6, 6.07) is 13.1. The lowest BCUT2D eigenvalue weighted by atomic mass is 9.91. The van der Waals surface area contributed by atoms with Gasteiger partial charge in [0.2, 0.25) is 0 Å². The SMILES string of the molecule is COc1cc(-c2cc(C)ccc2C(C)C)ccc1C. The molecule has 1 heteroatoms. The zero-order valence-electron chi connectivity index (χ0n) is 12.4. The molecule has 1 nitrogen and oxygen atoms in total. The molecule has 100 valence electrons. The molecule has 0 bridgehead atoms. The molecule has 0 N–H and O–H groups in total. The number of hydrogen-bond donors (Lipinski definition) is 0. The van der Waals surface area contributed by atoms with Crippen LogP contribution < -0.4 is 4.74 Å². The second-order valence-electron chi connectivity index (χ2n) is 5.43. The van der Waals surface area contributed by atoms with Gasteiger partial charge in [-0.05, 0) is 48.1 Å². The van der Waals surface area contributed by atoms with Gasteiger partial charge in [0.1, 0.15) is 5.75 Å². The van der Waals surface area contributed by atoms with Gasteiger partial charge in [0, 0.05) is 0 Å². The predicted octanol–water partition coefficient (Wildman–Crippen LogP) is 5.10. The van der Waals surface area contributed by atoms with Crippen molar-refractivity contribution in [3.8, 4) is 16.9 Å². The molecule has 0 spiro atoms. The second kappa shape index (κ2) is 5.48. The number of aryl methyl sites for hydroxylation is 2. The molecule has 2 aromatic carbocycles. The lowest BCUT2D eigenvalue weighted by Crippen LogP contribution is -1.94. The van der Waals surface area contributed by atoms with Crippen LogP contribution in [0.15, 0.2) is 36.4 Å². The van der Waals surface area contributed by atoms with Gasteiger partial charge in [0.05, 0.1) is 7.11 Å². The van der Waals surface area contributed by atoms with Crippen LogP contribution in [0.2, 0.25) is 0 Å². The maximum absolute atomic E-state index is 5.44. The first kappa shape index (κ1) is 13.7. The van der Waals surface area contributed by atoms with Crippen molar-refractivity contribution >= 4 is 0 Å². The number of benzene rings is 2. The first-order valence-corrected chi connectivity index (χ1v) is 6.78. The molecule has 0 amide bonds. The molecule has 0 aliphatic rings. The van der Waals surface area contributed by atoms with E-state index in [1.54, 1.807) is 7.11 Å². The summed E-state index contributed by atoms with van der Waals surface area (Å²) in [6.45, 7) is 8.68. The zero-order chi connectivity index (χ0) is 14.0. The largest absolute Gasteiger partial charge is 0.496 e. The minimum atomic E-state index is 0.517. The Hall–Kier alpha value is -1.76. The van der Waals surface area contributed by atoms with E-state index in [4.69, 9.17) is 4.74 Å². The van der Waals surface area contributed by atoms with Crippen LogP contribution >= 0.6 is 0 Å². The molecule has 19 heavy (non-hydrogen) atoms. The van der Waals surface area contributed by atoms with Crippen molar-refractivity contribution in [3.05, 3.63) is 53.1 Å². The molecule has 0 fully saturated rings. The van der Waals surface area contributed by atoms with E-state index in [2.05, 4.69) is 64.1 Å². The highest BCUT2D eigenvalue weighted by atomic mass is 16.5. The third-order valence-electron chi connectivity index (χ3n) is 3.55. The molecule has 0 aliphatic carbocycles. The average Bonchev–Trinajstić information content (AvgIpc) is 2.38. The molecule has 2 aromatic rings. The minimum absolute atomic E-state index is 0.517. The molecule has 0 saturated carbocycles. The average molecular weight is 254 g/mol. The number of ether oxygens (including phenoxy) is 1. The maximum atomic E-state index is 5.44. The molecule has 0 radical (unpaired) electrons. The Morgan fingerprint density at radius 1 is 0.947 bits per heavy atom. The molecule has 0 heterocycles. The molecule has 0 atom stereocenters. The van der Waals surface area contributed by atoms with Gasteiger partial charge in [0.15, 0.2) is 0 Å². The van der Waals surface area contributed by atoms with Crippen LogP contribution in [0.25, 0.3) is 11.1 Å². The summed E-state index contributed by atoms with van der Waals surface area (Å²) in [4.78, 5) is 0. The van der Waals surface area contributed by atoms with Crippen LogP contribution in [0.1, 0.15) is 36.5 Å². The smallest absolute Gasteiger partial charge is 0.122 e. The van der Waals surface area contributed by atoms with E-state index < -0.39 is 0 Å². The van der Waals surface area contributed by atoms with Crippen molar-refractivity contribution in [1.29, 1.82) is 0 Å². The number of hydrogen-bond acceptors (Lipinski definition) is 1.